The molecule has 0 radical (unpaired) electrons. The number of sulfone groups is 1. The Hall–Kier alpha value is -2.94. The first-order valence-corrected chi connectivity index (χ1v) is 11.1. The number of benzene rings is 1. The van der Waals surface area contributed by atoms with Gasteiger partial charge >= 0.3 is 0 Å². The summed E-state index contributed by atoms with van der Waals surface area (Å²) in [5, 5.41) is 4.01. The second kappa shape index (κ2) is 8.60. The molecule has 1 amide bonds. The summed E-state index contributed by atoms with van der Waals surface area (Å²) in [5.41, 5.74) is 0.179. The van der Waals surface area contributed by atoms with Gasteiger partial charge in [-0.25, -0.2) is 13.4 Å². The Morgan fingerprint density at radius 2 is 1.97 bits per heavy atom. The lowest BCUT2D eigenvalue weighted by Crippen LogP contribution is -2.35. The summed E-state index contributed by atoms with van der Waals surface area (Å²) in [7, 11) is 0.308. The van der Waals surface area contributed by atoms with Crippen LogP contribution < -0.4 is 15.0 Å². The SMILES string of the molecule is CN(C)c1ncc(C(=O)N[C@H](/C=C/S(C)(=O)=O)C2CC2)c(Oc2ccccc2)n1. The Morgan fingerprint density at radius 1 is 1.28 bits per heavy atom. The second-order valence-electron chi connectivity index (χ2n) is 7.19. The standard InChI is InChI=1S/C20H24N4O4S/c1-24(2)20-21-13-16(19(23-20)28-15-7-5-4-6-8-15)18(25)22-17(14-9-10-14)11-12-29(3,26)27/h4-8,11-14,17H,9-10H2,1-3H3,(H,22,25)/b12-11+/t17-/m1/s1. The van der Waals surface area contributed by atoms with Crippen LogP contribution in [0.2, 0.25) is 0 Å². The number of anilines is 1. The summed E-state index contributed by atoms with van der Waals surface area (Å²) < 4.78 is 28.7. The number of nitrogens with one attached hydrogen (secondary N) is 1. The van der Waals surface area contributed by atoms with E-state index in [1.54, 1.807) is 31.1 Å². The summed E-state index contributed by atoms with van der Waals surface area (Å²) in [4.78, 5) is 23.2. The van der Waals surface area contributed by atoms with Crippen LogP contribution in [0.15, 0.2) is 48.0 Å². The molecule has 1 aliphatic carbocycles. The highest BCUT2D eigenvalue weighted by Gasteiger charge is 2.32. The first-order chi connectivity index (χ1) is 13.7. The van der Waals surface area contributed by atoms with Gasteiger partial charge in [-0.05, 0) is 30.9 Å². The van der Waals surface area contributed by atoms with Crippen LogP contribution in [-0.2, 0) is 9.84 Å². The van der Waals surface area contributed by atoms with Crippen molar-refractivity contribution in [2.24, 2.45) is 5.92 Å². The van der Waals surface area contributed by atoms with Gasteiger partial charge in [0.05, 0.1) is 6.04 Å². The minimum Gasteiger partial charge on any atom is -0.438 e. The van der Waals surface area contributed by atoms with Crippen LogP contribution in [-0.4, -0.2) is 50.7 Å². The van der Waals surface area contributed by atoms with E-state index < -0.39 is 15.7 Å². The Morgan fingerprint density at radius 3 is 2.55 bits per heavy atom. The van der Waals surface area contributed by atoms with Crippen LogP contribution in [0, 0.1) is 5.92 Å². The largest absolute Gasteiger partial charge is 0.438 e. The van der Waals surface area contributed by atoms with Crippen molar-refractivity contribution in [2.75, 3.05) is 25.3 Å². The summed E-state index contributed by atoms with van der Waals surface area (Å²) in [6.45, 7) is 0. The zero-order chi connectivity index (χ0) is 21.0. The van der Waals surface area contributed by atoms with Crippen molar-refractivity contribution in [3.8, 4) is 11.6 Å². The average Bonchev–Trinajstić information content (AvgIpc) is 3.50. The van der Waals surface area contributed by atoms with E-state index in [0.29, 0.717) is 11.7 Å². The molecule has 1 aromatic heterocycles. The maximum atomic E-state index is 12.9. The Balaban J connectivity index is 1.87. The molecule has 1 atom stereocenters. The number of amides is 1. The smallest absolute Gasteiger partial charge is 0.258 e. The van der Waals surface area contributed by atoms with Crippen molar-refractivity contribution >= 4 is 21.7 Å². The monoisotopic (exact) mass is 416 g/mol. The molecule has 8 nitrogen and oxygen atoms in total. The first-order valence-electron chi connectivity index (χ1n) is 9.19. The number of aromatic nitrogens is 2. The summed E-state index contributed by atoms with van der Waals surface area (Å²) >= 11 is 0. The highest BCUT2D eigenvalue weighted by Crippen LogP contribution is 2.34. The normalized spacial score (nSPS) is 15.1. The van der Waals surface area contributed by atoms with Crippen molar-refractivity contribution in [3.63, 3.8) is 0 Å². The van der Waals surface area contributed by atoms with Crippen molar-refractivity contribution in [1.29, 1.82) is 0 Å². The molecule has 0 aliphatic heterocycles. The zero-order valence-electron chi connectivity index (χ0n) is 16.6. The van der Waals surface area contributed by atoms with E-state index >= 15 is 0 Å². The van der Waals surface area contributed by atoms with Crippen LogP contribution in [0.1, 0.15) is 23.2 Å². The lowest BCUT2D eigenvalue weighted by molar-refractivity contribution is 0.0937. The summed E-state index contributed by atoms with van der Waals surface area (Å²) in [5.74, 6) is 0.881. The molecule has 29 heavy (non-hydrogen) atoms. The van der Waals surface area contributed by atoms with Crippen LogP contribution in [0.25, 0.3) is 0 Å². The third-order valence-corrected chi connectivity index (χ3v) is 4.96. The number of carbonyl (C=O) groups is 1. The number of rotatable bonds is 8. The van der Waals surface area contributed by atoms with E-state index in [-0.39, 0.29) is 23.4 Å². The Labute approximate surface area is 170 Å². The highest BCUT2D eigenvalue weighted by atomic mass is 32.2. The van der Waals surface area contributed by atoms with Gasteiger partial charge in [0.1, 0.15) is 11.3 Å². The van der Waals surface area contributed by atoms with Crippen molar-refractivity contribution in [1.82, 2.24) is 15.3 Å². The van der Waals surface area contributed by atoms with Gasteiger partial charge in [0.25, 0.3) is 5.91 Å². The van der Waals surface area contributed by atoms with E-state index in [9.17, 15) is 13.2 Å². The van der Waals surface area contributed by atoms with Gasteiger partial charge in [-0.15, -0.1) is 0 Å². The molecule has 1 saturated carbocycles. The second-order valence-corrected chi connectivity index (χ2v) is 9.12. The fourth-order valence-electron chi connectivity index (χ4n) is 2.64. The van der Waals surface area contributed by atoms with Gasteiger partial charge in [-0.1, -0.05) is 24.3 Å². The minimum atomic E-state index is -3.28. The van der Waals surface area contributed by atoms with Gasteiger partial charge < -0.3 is 15.0 Å². The lowest BCUT2D eigenvalue weighted by atomic mass is 10.1. The molecule has 0 bridgehead atoms. The molecule has 1 aromatic carbocycles. The molecule has 0 spiro atoms. The zero-order valence-corrected chi connectivity index (χ0v) is 17.4. The molecule has 1 heterocycles. The molecule has 1 fully saturated rings. The quantitative estimate of drug-likeness (QED) is 0.705. The van der Waals surface area contributed by atoms with Crippen LogP contribution in [0.3, 0.4) is 0 Å². The number of hydrogen-bond acceptors (Lipinski definition) is 7. The maximum Gasteiger partial charge on any atom is 0.258 e. The van der Waals surface area contributed by atoms with Crippen molar-refractivity contribution in [3.05, 3.63) is 53.6 Å². The molecular formula is C20H24N4O4S. The van der Waals surface area contributed by atoms with Crippen LogP contribution in [0.5, 0.6) is 11.6 Å². The molecule has 154 valence electrons. The van der Waals surface area contributed by atoms with Gasteiger partial charge in [-0.2, -0.15) is 4.98 Å². The Kier molecular flexibility index (Phi) is 6.17. The minimum absolute atomic E-state index is 0.133. The van der Waals surface area contributed by atoms with Gasteiger partial charge in [0.15, 0.2) is 9.84 Å². The number of hydrogen-bond donors (Lipinski definition) is 1. The Bertz CT molecular complexity index is 1000. The molecule has 0 saturated heterocycles. The highest BCUT2D eigenvalue weighted by molar-refractivity contribution is 7.93. The molecule has 2 aromatic rings. The average molecular weight is 417 g/mol. The predicted octanol–water partition coefficient (Wildman–Crippen LogP) is 2.40. The van der Waals surface area contributed by atoms with Crippen LogP contribution >= 0.6 is 0 Å². The molecule has 9 heteroatoms. The molecule has 1 N–H and O–H groups in total. The first kappa shape index (κ1) is 20.8. The molecule has 3 rings (SSSR count). The number of nitrogens with zero attached hydrogens (tertiary/aromatic N) is 3. The fourth-order valence-corrected chi connectivity index (χ4v) is 3.10. The molecule has 1 aliphatic rings. The van der Waals surface area contributed by atoms with Gasteiger partial charge in [0, 0.05) is 32.0 Å². The van der Waals surface area contributed by atoms with Crippen LogP contribution in [0.4, 0.5) is 5.95 Å². The predicted molar refractivity (Wildman–Crippen MR) is 111 cm³/mol. The van der Waals surface area contributed by atoms with Crippen molar-refractivity contribution in [2.45, 2.75) is 18.9 Å². The van der Waals surface area contributed by atoms with Crippen molar-refractivity contribution < 1.29 is 17.9 Å². The molecular weight excluding hydrogens is 392 g/mol. The summed E-state index contributed by atoms with van der Waals surface area (Å²) in [6, 6.07) is 8.65. The van der Waals surface area contributed by atoms with E-state index in [1.807, 2.05) is 18.2 Å². The van der Waals surface area contributed by atoms with E-state index in [1.165, 1.54) is 12.3 Å². The van der Waals surface area contributed by atoms with E-state index in [0.717, 1.165) is 24.5 Å². The number of carbonyl (C=O) groups excluding carboxylic acids is 1. The topological polar surface area (TPSA) is 101 Å². The van der Waals surface area contributed by atoms with Gasteiger partial charge in [-0.3, -0.25) is 4.79 Å². The number of para-hydroxylation sites is 1. The molecule has 0 unspecified atom stereocenters. The van der Waals surface area contributed by atoms with E-state index in [4.69, 9.17) is 4.74 Å². The van der Waals surface area contributed by atoms with E-state index in [2.05, 4.69) is 15.3 Å². The summed E-state index contributed by atoms with van der Waals surface area (Å²) in [6.07, 6.45) is 5.93. The third kappa shape index (κ3) is 6.02. The fraction of sp³-hybridized carbons (Fsp3) is 0.350. The number of ether oxygens (including phenoxy) is 1. The third-order valence-electron chi connectivity index (χ3n) is 4.30. The lowest BCUT2D eigenvalue weighted by Gasteiger charge is -2.17. The maximum absolute atomic E-state index is 12.9. The van der Waals surface area contributed by atoms with Gasteiger partial charge in [0.2, 0.25) is 11.8 Å².